The molecule has 0 N–H and O–H groups in total. The lowest BCUT2D eigenvalue weighted by atomic mass is 10.1. The van der Waals surface area contributed by atoms with Gasteiger partial charge in [0.05, 0.1) is 11.6 Å². The highest BCUT2D eigenvalue weighted by molar-refractivity contribution is 7.08. The van der Waals surface area contributed by atoms with E-state index in [0.717, 1.165) is 50.1 Å². The molecule has 1 aromatic rings. The normalized spacial score (nSPS) is 20.8. The molecule has 23 heavy (non-hydrogen) atoms. The van der Waals surface area contributed by atoms with Crippen molar-refractivity contribution in [2.45, 2.75) is 32.7 Å². The Morgan fingerprint density at radius 3 is 2.22 bits per heavy atom. The van der Waals surface area contributed by atoms with E-state index in [9.17, 15) is 9.59 Å². The van der Waals surface area contributed by atoms with E-state index in [1.54, 1.807) is 11.3 Å². The molecule has 0 unspecified atom stereocenters. The fourth-order valence-electron chi connectivity index (χ4n) is 3.42. The molecular formula is C17H25N3O2S. The molecule has 3 heterocycles. The van der Waals surface area contributed by atoms with Gasteiger partial charge in [0.25, 0.3) is 5.91 Å². The van der Waals surface area contributed by atoms with Crippen molar-refractivity contribution in [3.05, 3.63) is 21.9 Å². The van der Waals surface area contributed by atoms with Crippen molar-refractivity contribution in [3.63, 3.8) is 0 Å². The number of nitrogens with zero attached hydrogens (tertiary/aromatic N) is 3. The number of carbonyl (C=O) groups excluding carboxylic acids is 2. The van der Waals surface area contributed by atoms with Crippen LogP contribution in [0.2, 0.25) is 0 Å². The first kappa shape index (κ1) is 16.5. The van der Waals surface area contributed by atoms with Crippen molar-refractivity contribution in [2.24, 2.45) is 0 Å². The van der Waals surface area contributed by atoms with Gasteiger partial charge in [-0.15, -0.1) is 0 Å². The Morgan fingerprint density at radius 1 is 1.00 bits per heavy atom. The van der Waals surface area contributed by atoms with E-state index in [4.69, 9.17) is 0 Å². The van der Waals surface area contributed by atoms with Crippen LogP contribution in [0.15, 0.2) is 10.8 Å². The second kappa shape index (κ2) is 7.01. The average Bonchev–Trinajstić information content (AvgIpc) is 3.24. The average molecular weight is 335 g/mol. The molecular weight excluding hydrogens is 310 g/mol. The highest BCUT2D eigenvalue weighted by Crippen LogP contribution is 2.18. The Hall–Kier alpha value is -1.40. The number of hydrogen-bond acceptors (Lipinski definition) is 4. The van der Waals surface area contributed by atoms with Crippen molar-refractivity contribution in [1.82, 2.24) is 14.7 Å². The number of rotatable bonds is 3. The van der Waals surface area contributed by atoms with Gasteiger partial charge in [-0.25, -0.2) is 0 Å². The Kier molecular flexibility index (Phi) is 5.02. The van der Waals surface area contributed by atoms with Crippen LogP contribution >= 0.6 is 11.3 Å². The third kappa shape index (κ3) is 3.43. The van der Waals surface area contributed by atoms with Crippen molar-refractivity contribution >= 4 is 23.2 Å². The third-order valence-corrected chi connectivity index (χ3v) is 5.87. The summed E-state index contributed by atoms with van der Waals surface area (Å²) in [5, 5.41) is 3.95. The molecule has 2 aliphatic heterocycles. The molecule has 1 aromatic heterocycles. The zero-order valence-corrected chi connectivity index (χ0v) is 14.8. The maximum absolute atomic E-state index is 12.5. The standard InChI is InChI=1S/C17H25N3O2S/c1-13-11-23-12-15(13)17(22)20-9-7-18(8-10-20)14(2)16(21)19-5-3-4-6-19/h11-12,14H,3-10H2,1-2H3/t14-/m0/s1. The predicted molar refractivity (Wildman–Crippen MR) is 91.8 cm³/mol. The van der Waals surface area contributed by atoms with E-state index in [1.807, 2.05) is 34.4 Å². The molecule has 6 heteroatoms. The number of carbonyl (C=O) groups is 2. The Balaban J connectivity index is 1.54. The van der Waals surface area contributed by atoms with Gasteiger partial charge in [-0.2, -0.15) is 11.3 Å². The number of piperazine rings is 1. The fraction of sp³-hybridized carbons (Fsp3) is 0.647. The summed E-state index contributed by atoms with van der Waals surface area (Å²) in [5.41, 5.74) is 1.88. The molecule has 0 bridgehead atoms. The van der Waals surface area contributed by atoms with Crippen molar-refractivity contribution in [1.29, 1.82) is 0 Å². The minimum absolute atomic E-state index is 0.0757. The smallest absolute Gasteiger partial charge is 0.255 e. The molecule has 3 rings (SSSR count). The summed E-state index contributed by atoms with van der Waals surface area (Å²) in [4.78, 5) is 31.1. The van der Waals surface area contributed by atoms with Gasteiger partial charge in [-0.05, 0) is 37.6 Å². The van der Waals surface area contributed by atoms with E-state index >= 15 is 0 Å². The zero-order chi connectivity index (χ0) is 16.4. The molecule has 0 radical (unpaired) electrons. The maximum Gasteiger partial charge on any atom is 0.255 e. The molecule has 2 aliphatic rings. The van der Waals surface area contributed by atoms with E-state index < -0.39 is 0 Å². The van der Waals surface area contributed by atoms with E-state index in [-0.39, 0.29) is 17.9 Å². The summed E-state index contributed by atoms with van der Waals surface area (Å²) in [5.74, 6) is 0.373. The highest BCUT2D eigenvalue weighted by atomic mass is 32.1. The summed E-state index contributed by atoms with van der Waals surface area (Å²) in [6, 6.07) is -0.0757. The highest BCUT2D eigenvalue weighted by Gasteiger charge is 2.31. The quantitative estimate of drug-likeness (QED) is 0.846. The van der Waals surface area contributed by atoms with Crippen molar-refractivity contribution in [2.75, 3.05) is 39.3 Å². The lowest BCUT2D eigenvalue weighted by Crippen LogP contribution is -2.55. The van der Waals surface area contributed by atoms with Gasteiger partial charge in [0, 0.05) is 44.6 Å². The number of amides is 2. The maximum atomic E-state index is 12.5. The van der Waals surface area contributed by atoms with Gasteiger partial charge < -0.3 is 9.80 Å². The second-order valence-corrected chi connectivity index (χ2v) is 7.25. The lowest BCUT2D eigenvalue weighted by molar-refractivity contribution is -0.135. The SMILES string of the molecule is Cc1cscc1C(=O)N1CCN([C@@H](C)C(=O)N2CCCC2)CC1. The van der Waals surface area contributed by atoms with Crippen molar-refractivity contribution < 1.29 is 9.59 Å². The van der Waals surface area contributed by atoms with Gasteiger partial charge in [0.1, 0.15) is 0 Å². The summed E-state index contributed by atoms with van der Waals surface area (Å²) < 4.78 is 0. The van der Waals surface area contributed by atoms with Crippen LogP contribution in [0.25, 0.3) is 0 Å². The predicted octanol–water partition coefficient (Wildman–Crippen LogP) is 1.83. The molecule has 1 atom stereocenters. The molecule has 2 saturated heterocycles. The number of thiophene rings is 1. The minimum Gasteiger partial charge on any atom is -0.341 e. The van der Waals surface area contributed by atoms with Crippen LogP contribution in [0.3, 0.4) is 0 Å². The Morgan fingerprint density at radius 2 is 1.65 bits per heavy atom. The van der Waals surface area contributed by atoms with Crippen LogP contribution < -0.4 is 0 Å². The molecule has 0 aliphatic carbocycles. The molecule has 0 spiro atoms. The van der Waals surface area contributed by atoms with Gasteiger partial charge in [-0.3, -0.25) is 14.5 Å². The minimum atomic E-state index is -0.0757. The summed E-state index contributed by atoms with van der Waals surface area (Å²) >= 11 is 1.57. The van der Waals surface area contributed by atoms with Crippen LogP contribution in [-0.2, 0) is 4.79 Å². The first-order chi connectivity index (χ1) is 11.1. The van der Waals surface area contributed by atoms with Gasteiger partial charge >= 0.3 is 0 Å². The summed E-state index contributed by atoms with van der Waals surface area (Å²) in [6.45, 7) is 8.73. The lowest BCUT2D eigenvalue weighted by Gasteiger charge is -2.38. The van der Waals surface area contributed by atoms with Gasteiger partial charge in [-0.1, -0.05) is 0 Å². The van der Waals surface area contributed by atoms with E-state index in [0.29, 0.717) is 13.1 Å². The molecule has 2 amide bonds. The zero-order valence-electron chi connectivity index (χ0n) is 14.0. The number of likely N-dealkylation sites (tertiary alicyclic amines) is 1. The van der Waals surface area contributed by atoms with E-state index in [1.165, 1.54) is 0 Å². The molecule has 0 aromatic carbocycles. The van der Waals surface area contributed by atoms with Crippen molar-refractivity contribution in [3.8, 4) is 0 Å². The van der Waals surface area contributed by atoms with Crippen LogP contribution in [0, 0.1) is 6.92 Å². The molecule has 0 saturated carbocycles. The second-order valence-electron chi connectivity index (χ2n) is 6.51. The van der Waals surface area contributed by atoms with Crippen LogP contribution in [0.4, 0.5) is 0 Å². The van der Waals surface area contributed by atoms with Crippen LogP contribution in [0.1, 0.15) is 35.7 Å². The van der Waals surface area contributed by atoms with Crippen LogP contribution in [0.5, 0.6) is 0 Å². The molecule has 126 valence electrons. The number of aryl methyl sites for hydroxylation is 1. The number of hydrogen-bond donors (Lipinski definition) is 0. The van der Waals surface area contributed by atoms with Gasteiger partial charge in [0.15, 0.2) is 0 Å². The topological polar surface area (TPSA) is 43.9 Å². The molecule has 5 nitrogen and oxygen atoms in total. The Bertz CT molecular complexity index is 572. The van der Waals surface area contributed by atoms with E-state index in [2.05, 4.69) is 4.90 Å². The first-order valence-electron chi connectivity index (χ1n) is 8.43. The first-order valence-corrected chi connectivity index (χ1v) is 9.37. The summed E-state index contributed by atoms with van der Waals surface area (Å²) in [7, 11) is 0. The summed E-state index contributed by atoms with van der Waals surface area (Å²) in [6.07, 6.45) is 2.25. The Labute approximate surface area is 141 Å². The molecule has 2 fully saturated rings. The van der Waals surface area contributed by atoms with Crippen LogP contribution in [-0.4, -0.2) is 71.8 Å². The van der Waals surface area contributed by atoms with Gasteiger partial charge in [0.2, 0.25) is 5.91 Å². The third-order valence-electron chi connectivity index (χ3n) is 5.01. The largest absolute Gasteiger partial charge is 0.341 e. The fourth-order valence-corrected chi connectivity index (χ4v) is 4.24. The monoisotopic (exact) mass is 335 g/mol.